The molecular formula is C10H13N5O2S2. The van der Waals surface area contributed by atoms with Crippen molar-refractivity contribution in [1.29, 1.82) is 0 Å². The lowest BCUT2D eigenvalue weighted by Crippen LogP contribution is -2.34. The van der Waals surface area contributed by atoms with Crippen LogP contribution in [0.15, 0.2) is 5.38 Å². The number of nitrogens with two attached hydrogens (primary N) is 2. The Morgan fingerprint density at radius 1 is 1.63 bits per heavy atom. The number of nitrogens with one attached hydrogen (secondary N) is 1. The molecule has 0 fully saturated rings. The van der Waals surface area contributed by atoms with Crippen LogP contribution in [0.3, 0.4) is 0 Å². The van der Waals surface area contributed by atoms with E-state index < -0.39 is 12.0 Å². The number of carbonyl (C=O) groups is 1. The molecule has 102 valence electrons. The molecule has 19 heavy (non-hydrogen) atoms. The molecule has 0 aliphatic heterocycles. The number of hydrogen-bond donors (Lipinski definition) is 4. The number of rotatable bonds is 5. The molecule has 0 aliphatic rings. The lowest BCUT2D eigenvalue weighted by Gasteiger charge is -2.08. The fourth-order valence-electron chi connectivity index (χ4n) is 1.44. The number of amides is 1. The van der Waals surface area contributed by atoms with Crippen molar-refractivity contribution in [3.63, 3.8) is 0 Å². The Morgan fingerprint density at radius 3 is 2.95 bits per heavy atom. The number of nitrogen functional groups attached to an aromatic ring is 1. The quantitative estimate of drug-likeness (QED) is 0.633. The van der Waals surface area contributed by atoms with E-state index in [1.807, 2.05) is 12.3 Å². The van der Waals surface area contributed by atoms with Gasteiger partial charge in [-0.1, -0.05) is 0 Å². The highest BCUT2D eigenvalue weighted by Gasteiger charge is 2.18. The van der Waals surface area contributed by atoms with Crippen molar-refractivity contribution in [3.8, 4) is 11.3 Å². The molecule has 0 aromatic carbocycles. The third-order valence-electron chi connectivity index (χ3n) is 2.38. The van der Waals surface area contributed by atoms with Gasteiger partial charge in [-0.2, -0.15) is 4.37 Å². The number of aromatic nitrogens is 2. The first-order valence-electron chi connectivity index (χ1n) is 5.38. The van der Waals surface area contributed by atoms with Crippen LogP contribution >= 0.6 is 22.9 Å². The van der Waals surface area contributed by atoms with Gasteiger partial charge in [0.05, 0.1) is 22.8 Å². The maximum Gasteiger partial charge on any atom is 0.248 e. The summed E-state index contributed by atoms with van der Waals surface area (Å²) in [5, 5.41) is 15.7. The minimum Gasteiger partial charge on any atom is -0.382 e. The summed E-state index contributed by atoms with van der Waals surface area (Å²) in [6.45, 7) is 1.90. The van der Waals surface area contributed by atoms with Gasteiger partial charge in [-0.3, -0.25) is 4.79 Å². The minimum atomic E-state index is -1.26. The summed E-state index contributed by atoms with van der Waals surface area (Å²) in [6, 6.07) is 0. The number of primary amides is 1. The van der Waals surface area contributed by atoms with Crippen molar-refractivity contribution in [3.05, 3.63) is 10.4 Å². The molecule has 2 heterocycles. The topological polar surface area (TPSA) is 127 Å². The monoisotopic (exact) mass is 299 g/mol. The SMILES string of the molecule is Cc1nc(-c2c(N)nsc2NCC(O)C(N)=O)cs1. The third-order valence-corrected chi connectivity index (χ3v) is 3.97. The maximum atomic E-state index is 10.8. The minimum absolute atomic E-state index is 0.00703. The number of aryl methyl sites for hydroxylation is 1. The van der Waals surface area contributed by atoms with E-state index in [1.165, 1.54) is 11.3 Å². The normalized spacial score (nSPS) is 12.3. The molecule has 2 aromatic rings. The maximum absolute atomic E-state index is 10.8. The number of carbonyl (C=O) groups excluding carboxylic acids is 1. The zero-order valence-corrected chi connectivity index (χ0v) is 11.7. The first kappa shape index (κ1) is 13.7. The van der Waals surface area contributed by atoms with Crippen molar-refractivity contribution in [2.24, 2.45) is 5.73 Å². The molecule has 1 amide bonds. The second-order valence-corrected chi connectivity index (χ2v) is 5.66. The number of hydrogen-bond acceptors (Lipinski definition) is 8. The molecule has 2 aromatic heterocycles. The van der Waals surface area contributed by atoms with E-state index in [0.29, 0.717) is 16.4 Å². The second kappa shape index (κ2) is 5.51. The Balaban J connectivity index is 2.21. The van der Waals surface area contributed by atoms with E-state index in [0.717, 1.165) is 22.2 Å². The zero-order chi connectivity index (χ0) is 14.0. The molecule has 9 heteroatoms. The summed E-state index contributed by atoms with van der Waals surface area (Å²) in [7, 11) is 0. The van der Waals surface area contributed by atoms with E-state index in [2.05, 4.69) is 14.7 Å². The van der Waals surface area contributed by atoms with E-state index in [4.69, 9.17) is 11.5 Å². The number of nitrogens with zero attached hydrogens (tertiary/aromatic N) is 2. The lowest BCUT2D eigenvalue weighted by atomic mass is 10.2. The van der Waals surface area contributed by atoms with E-state index in [-0.39, 0.29) is 6.54 Å². The molecule has 0 saturated heterocycles. The van der Waals surface area contributed by atoms with Crippen molar-refractivity contribution < 1.29 is 9.90 Å². The van der Waals surface area contributed by atoms with Crippen molar-refractivity contribution in [1.82, 2.24) is 9.36 Å². The molecule has 0 aliphatic carbocycles. The van der Waals surface area contributed by atoms with E-state index in [1.54, 1.807) is 0 Å². The van der Waals surface area contributed by atoms with Crippen LogP contribution in [0.1, 0.15) is 5.01 Å². The van der Waals surface area contributed by atoms with Crippen molar-refractivity contribution in [2.45, 2.75) is 13.0 Å². The Labute approximate surface area is 117 Å². The number of aliphatic hydroxyl groups is 1. The van der Waals surface area contributed by atoms with Gasteiger partial charge >= 0.3 is 0 Å². The fourth-order valence-corrected chi connectivity index (χ4v) is 2.77. The van der Waals surface area contributed by atoms with Gasteiger partial charge in [0.25, 0.3) is 0 Å². The highest BCUT2D eigenvalue weighted by Crippen LogP contribution is 2.36. The van der Waals surface area contributed by atoms with Crippen LogP contribution in [-0.2, 0) is 4.79 Å². The number of aliphatic hydroxyl groups excluding tert-OH is 1. The second-order valence-electron chi connectivity index (χ2n) is 3.82. The number of thiazole rings is 1. The Kier molecular flexibility index (Phi) is 3.98. The Bertz CT molecular complexity index is 595. The van der Waals surface area contributed by atoms with Gasteiger partial charge < -0.3 is 21.9 Å². The lowest BCUT2D eigenvalue weighted by molar-refractivity contribution is -0.125. The molecule has 7 nitrogen and oxygen atoms in total. The van der Waals surface area contributed by atoms with Gasteiger partial charge in [0.1, 0.15) is 16.9 Å². The predicted molar refractivity (Wildman–Crippen MR) is 76.1 cm³/mol. The zero-order valence-electron chi connectivity index (χ0n) is 10.1. The fraction of sp³-hybridized carbons (Fsp3) is 0.300. The molecule has 1 unspecified atom stereocenters. The van der Waals surface area contributed by atoms with E-state index in [9.17, 15) is 9.90 Å². The Hall–Kier alpha value is -1.71. The summed E-state index contributed by atoms with van der Waals surface area (Å²) in [6.07, 6.45) is -1.26. The molecule has 2 rings (SSSR count). The van der Waals surface area contributed by atoms with Gasteiger partial charge in [0.2, 0.25) is 5.91 Å². The Morgan fingerprint density at radius 2 is 2.37 bits per heavy atom. The molecule has 1 atom stereocenters. The van der Waals surface area contributed by atoms with Crippen LogP contribution in [0.2, 0.25) is 0 Å². The van der Waals surface area contributed by atoms with Gasteiger partial charge in [0.15, 0.2) is 0 Å². The molecule has 0 saturated carbocycles. The summed E-state index contributed by atoms with van der Waals surface area (Å²) >= 11 is 2.66. The summed E-state index contributed by atoms with van der Waals surface area (Å²) < 4.78 is 4.05. The average molecular weight is 299 g/mol. The van der Waals surface area contributed by atoms with Crippen molar-refractivity contribution in [2.75, 3.05) is 17.6 Å². The summed E-state index contributed by atoms with van der Waals surface area (Å²) in [5.74, 6) is -0.414. The van der Waals surface area contributed by atoms with Crippen molar-refractivity contribution >= 4 is 39.6 Å². The number of anilines is 2. The highest BCUT2D eigenvalue weighted by atomic mass is 32.1. The van der Waals surface area contributed by atoms with E-state index >= 15 is 0 Å². The molecule has 0 radical (unpaired) electrons. The predicted octanol–water partition coefficient (Wildman–Crippen LogP) is 0.415. The average Bonchev–Trinajstić information content (AvgIpc) is 2.92. The highest BCUT2D eigenvalue weighted by molar-refractivity contribution is 7.11. The third kappa shape index (κ3) is 3.00. The van der Waals surface area contributed by atoms with Crippen LogP contribution in [-0.4, -0.2) is 33.0 Å². The molecule has 6 N–H and O–H groups in total. The molecule has 0 spiro atoms. The van der Waals surface area contributed by atoms with Gasteiger partial charge in [-0.15, -0.1) is 11.3 Å². The first-order valence-corrected chi connectivity index (χ1v) is 7.03. The van der Waals surface area contributed by atoms with Crippen LogP contribution < -0.4 is 16.8 Å². The van der Waals surface area contributed by atoms with Gasteiger partial charge in [0, 0.05) is 5.38 Å². The standard InChI is InChI=1S/C10H13N5O2S2/c1-4-14-5(3-18-4)7-8(11)15-19-10(7)13-2-6(16)9(12)17/h3,6,13,16H,2H2,1H3,(H2,11,15)(H2,12,17). The molecule has 0 bridgehead atoms. The van der Waals surface area contributed by atoms with Crippen LogP contribution in [0.25, 0.3) is 11.3 Å². The smallest absolute Gasteiger partial charge is 0.248 e. The van der Waals surface area contributed by atoms with Crippen LogP contribution in [0.4, 0.5) is 10.8 Å². The van der Waals surface area contributed by atoms with Gasteiger partial charge in [-0.05, 0) is 18.5 Å². The molecular weight excluding hydrogens is 286 g/mol. The van der Waals surface area contributed by atoms with Crippen LogP contribution in [0, 0.1) is 6.92 Å². The largest absolute Gasteiger partial charge is 0.382 e. The first-order chi connectivity index (χ1) is 8.99. The van der Waals surface area contributed by atoms with Gasteiger partial charge in [-0.25, -0.2) is 4.98 Å². The summed E-state index contributed by atoms with van der Waals surface area (Å²) in [4.78, 5) is 15.1. The summed E-state index contributed by atoms with van der Waals surface area (Å²) in [5.41, 5.74) is 12.2. The van der Waals surface area contributed by atoms with Crippen LogP contribution in [0.5, 0.6) is 0 Å².